The van der Waals surface area contributed by atoms with E-state index >= 15 is 0 Å². The standard InChI is InChI=1S/C28H38N2O4.C2H6/c1-7-34-27(31)23-10-12-24(13-11-23)28(20-29,21(2)3)16-8-17-30(4)18-15-22-9-14-25(32-5)26(19-22)33-6;1-2/h9-14,19,21H,7-8,15-18H2,1-6H3;1-2H3. The minimum atomic E-state index is -0.600. The van der Waals surface area contributed by atoms with E-state index in [0.717, 1.165) is 49.4 Å². The van der Waals surface area contributed by atoms with Gasteiger partial charge < -0.3 is 19.1 Å². The van der Waals surface area contributed by atoms with Crippen molar-refractivity contribution in [3.05, 3.63) is 59.2 Å². The second kappa shape index (κ2) is 15.9. The fraction of sp³-hybridized carbons (Fsp3) is 0.533. The molecule has 0 aromatic heterocycles. The van der Waals surface area contributed by atoms with Gasteiger partial charge in [0.05, 0.1) is 37.9 Å². The van der Waals surface area contributed by atoms with Crippen molar-refractivity contribution >= 4 is 5.97 Å². The molecule has 1 unspecified atom stereocenters. The molecule has 0 heterocycles. The predicted octanol–water partition coefficient (Wildman–Crippen LogP) is 6.28. The average Bonchev–Trinajstić information content (AvgIpc) is 2.91. The van der Waals surface area contributed by atoms with Crippen LogP contribution in [0.15, 0.2) is 42.5 Å². The first kappa shape index (κ1) is 31.0. The number of benzene rings is 2. The monoisotopic (exact) mass is 496 g/mol. The minimum Gasteiger partial charge on any atom is -0.493 e. The van der Waals surface area contributed by atoms with E-state index in [-0.39, 0.29) is 11.9 Å². The Morgan fingerprint density at radius 1 is 1.03 bits per heavy atom. The zero-order valence-electron chi connectivity index (χ0n) is 23.4. The summed E-state index contributed by atoms with van der Waals surface area (Å²) in [6, 6.07) is 15.9. The van der Waals surface area contributed by atoms with E-state index in [1.165, 1.54) is 5.56 Å². The Bertz CT molecular complexity index is 966. The Labute approximate surface area is 218 Å². The number of likely N-dealkylation sites (N-methyl/N-ethyl adjacent to an activating group) is 1. The van der Waals surface area contributed by atoms with Crippen molar-refractivity contribution in [2.24, 2.45) is 5.92 Å². The number of rotatable bonds is 13. The van der Waals surface area contributed by atoms with Crippen LogP contribution in [0.25, 0.3) is 0 Å². The number of nitriles is 1. The average molecular weight is 497 g/mol. The van der Waals surface area contributed by atoms with Crippen LogP contribution in [0.2, 0.25) is 0 Å². The van der Waals surface area contributed by atoms with Crippen molar-refractivity contribution in [2.75, 3.05) is 41.0 Å². The van der Waals surface area contributed by atoms with Crippen LogP contribution >= 0.6 is 0 Å². The SMILES string of the molecule is CC.CCOC(=O)c1ccc(C(C#N)(CCCN(C)CCc2ccc(OC)c(OC)c2)C(C)C)cc1. The summed E-state index contributed by atoms with van der Waals surface area (Å²) < 4.78 is 15.8. The molecule has 0 spiro atoms. The lowest BCUT2D eigenvalue weighted by Gasteiger charge is -2.32. The summed E-state index contributed by atoms with van der Waals surface area (Å²) in [7, 11) is 5.39. The van der Waals surface area contributed by atoms with Gasteiger partial charge in [-0.2, -0.15) is 5.26 Å². The predicted molar refractivity (Wildman–Crippen MR) is 146 cm³/mol. The van der Waals surface area contributed by atoms with Gasteiger partial charge in [-0.3, -0.25) is 0 Å². The first-order valence-electron chi connectivity index (χ1n) is 12.9. The normalized spacial score (nSPS) is 12.2. The second-order valence-electron chi connectivity index (χ2n) is 8.88. The molecule has 1 atom stereocenters. The van der Waals surface area contributed by atoms with Crippen LogP contribution in [0.4, 0.5) is 0 Å². The molecule has 198 valence electrons. The van der Waals surface area contributed by atoms with Gasteiger partial charge in [0, 0.05) is 6.54 Å². The lowest BCUT2D eigenvalue weighted by molar-refractivity contribution is 0.0526. The fourth-order valence-corrected chi connectivity index (χ4v) is 4.23. The van der Waals surface area contributed by atoms with Crippen LogP contribution in [0, 0.1) is 17.2 Å². The van der Waals surface area contributed by atoms with E-state index in [4.69, 9.17) is 14.2 Å². The quantitative estimate of drug-likeness (QED) is 0.304. The summed E-state index contributed by atoms with van der Waals surface area (Å²) in [5.74, 6) is 1.28. The molecule has 0 fully saturated rings. The zero-order valence-corrected chi connectivity index (χ0v) is 23.4. The molecule has 2 rings (SSSR count). The Hall–Kier alpha value is -3.04. The lowest BCUT2D eigenvalue weighted by atomic mass is 9.69. The van der Waals surface area contributed by atoms with E-state index < -0.39 is 5.41 Å². The van der Waals surface area contributed by atoms with Crippen LogP contribution in [-0.4, -0.2) is 51.8 Å². The first-order valence-corrected chi connectivity index (χ1v) is 12.9. The van der Waals surface area contributed by atoms with Crippen LogP contribution in [0.3, 0.4) is 0 Å². The Morgan fingerprint density at radius 2 is 1.67 bits per heavy atom. The number of carbonyl (C=O) groups excluding carboxylic acids is 1. The van der Waals surface area contributed by atoms with E-state index in [2.05, 4.69) is 37.9 Å². The zero-order chi connectivity index (χ0) is 27.1. The highest BCUT2D eigenvalue weighted by Gasteiger charge is 2.35. The number of hydrogen-bond donors (Lipinski definition) is 0. The molecule has 6 heteroatoms. The van der Waals surface area contributed by atoms with Gasteiger partial charge in [-0.25, -0.2) is 4.79 Å². The Kier molecular flexibility index (Phi) is 13.6. The van der Waals surface area contributed by atoms with E-state index in [1.807, 2.05) is 38.1 Å². The van der Waals surface area contributed by atoms with Crippen LogP contribution in [0.5, 0.6) is 11.5 Å². The highest BCUT2D eigenvalue weighted by atomic mass is 16.5. The summed E-state index contributed by atoms with van der Waals surface area (Å²) in [6.07, 6.45) is 2.55. The molecular weight excluding hydrogens is 452 g/mol. The first-order chi connectivity index (χ1) is 17.3. The maximum absolute atomic E-state index is 12.0. The van der Waals surface area contributed by atoms with Gasteiger partial charge in [-0.05, 0) is 81.1 Å². The maximum atomic E-state index is 12.0. The molecule has 0 amide bonds. The van der Waals surface area contributed by atoms with Gasteiger partial charge in [0.25, 0.3) is 0 Å². The number of ether oxygens (including phenoxy) is 3. The number of methoxy groups -OCH3 is 2. The summed E-state index contributed by atoms with van der Waals surface area (Å²) >= 11 is 0. The maximum Gasteiger partial charge on any atom is 0.338 e. The number of carbonyl (C=O) groups is 1. The topological polar surface area (TPSA) is 71.8 Å². The number of nitrogens with zero attached hydrogens (tertiary/aromatic N) is 2. The molecule has 2 aromatic rings. The van der Waals surface area contributed by atoms with Crippen molar-refractivity contribution < 1.29 is 19.0 Å². The third kappa shape index (κ3) is 8.27. The third-order valence-corrected chi connectivity index (χ3v) is 6.44. The number of hydrogen-bond acceptors (Lipinski definition) is 6. The molecule has 0 aliphatic heterocycles. The number of esters is 1. The van der Waals surface area contributed by atoms with Crippen LogP contribution in [0.1, 0.15) is 68.9 Å². The van der Waals surface area contributed by atoms with Crippen molar-refractivity contribution in [1.29, 1.82) is 5.26 Å². The van der Waals surface area contributed by atoms with E-state index in [1.54, 1.807) is 33.3 Å². The smallest absolute Gasteiger partial charge is 0.338 e. The molecular formula is C30H44N2O4. The van der Waals surface area contributed by atoms with E-state index in [9.17, 15) is 10.1 Å². The summed E-state index contributed by atoms with van der Waals surface area (Å²) in [6.45, 7) is 12.1. The third-order valence-electron chi connectivity index (χ3n) is 6.44. The van der Waals surface area contributed by atoms with Crippen molar-refractivity contribution in [3.63, 3.8) is 0 Å². The molecule has 0 saturated heterocycles. The molecule has 2 aromatic carbocycles. The molecule has 0 N–H and O–H groups in total. The Balaban J connectivity index is 0.00000316. The molecule has 0 saturated carbocycles. The molecule has 0 aliphatic rings. The summed E-state index contributed by atoms with van der Waals surface area (Å²) in [5.41, 5.74) is 2.05. The van der Waals surface area contributed by atoms with Gasteiger partial charge in [-0.15, -0.1) is 0 Å². The van der Waals surface area contributed by atoms with Crippen LogP contribution in [-0.2, 0) is 16.6 Å². The minimum absolute atomic E-state index is 0.142. The summed E-state index contributed by atoms with van der Waals surface area (Å²) in [4.78, 5) is 14.3. The molecule has 0 bridgehead atoms. The second-order valence-corrected chi connectivity index (χ2v) is 8.88. The Morgan fingerprint density at radius 3 is 2.19 bits per heavy atom. The summed E-state index contributed by atoms with van der Waals surface area (Å²) in [5, 5.41) is 10.2. The highest BCUT2D eigenvalue weighted by molar-refractivity contribution is 5.89. The van der Waals surface area contributed by atoms with Gasteiger partial charge in [0.1, 0.15) is 0 Å². The van der Waals surface area contributed by atoms with Gasteiger partial charge >= 0.3 is 5.97 Å². The highest BCUT2D eigenvalue weighted by Crippen LogP contribution is 2.37. The molecule has 6 nitrogen and oxygen atoms in total. The largest absolute Gasteiger partial charge is 0.493 e. The van der Waals surface area contributed by atoms with Crippen molar-refractivity contribution in [2.45, 2.75) is 59.3 Å². The fourth-order valence-electron chi connectivity index (χ4n) is 4.23. The van der Waals surface area contributed by atoms with Crippen LogP contribution < -0.4 is 9.47 Å². The van der Waals surface area contributed by atoms with Crippen molar-refractivity contribution in [1.82, 2.24) is 4.90 Å². The van der Waals surface area contributed by atoms with Gasteiger partial charge in [-0.1, -0.05) is 45.9 Å². The lowest BCUT2D eigenvalue weighted by Crippen LogP contribution is -2.32. The molecule has 0 aliphatic carbocycles. The molecule has 0 radical (unpaired) electrons. The van der Waals surface area contributed by atoms with E-state index in [0.29, 0.717) is 12.2 Å². The van der Waals surface area contributed by atoms with Crippen molar-refractivity contribution in [3.8, 4) is 17.6 Å². The molecule has 36 heavy (non-hydrogen) atoms. The van der Waals surface area contributed by atoms with Gasteiger partial charge in [0.15, 0.2) is 11.5 Å². The van der Waals surface area contributed by atoms with Gasteiger partial charge in [0.2, 0.25) is 0 Å².